The van der Waals surface area contributed by atoms with Gasteiger partial charge in [-0.2, -0.15) is 0 Å². The number of halogens is 1. The van der Waals surface area contributed by atoms with Crippen molar-refractivity contribution < 1.29 is 9.53 Å². The topological polar surface area (TPSA) is 41.6 Å². The average molecular weight is 369 g/mol. The minimum Gasteiger partial charge on any atom is -0.444 e. The molecule has 1 heterocycles. The number of carbonyl (C=O) groups is 1. The number of anilines is 1. The van der Waals surface area contributed by atoms with E-state index >= 15 is 0 Å². The molecule has 4 nitrogen and oxygen atoms in total. The van der Waals surface area contributed by atoms with Gasteiger partial charge in [0.05, 0.1) is 0 Å². The normalized spacial score (nSPS) is 16.5. The van der Waals surface area contributed by atoms with E-state index in [1.807, 2.05) is 26.8 Å². The van der Waals surface area contributed by atoms with Crippen LogP contribution in [0.1, 0.15) is 39.2 Å². The monoisotopic (exact) mass is 368 g/mol. The maximum absolute atomic E-state index is 12.0. The van der Waals surface area contributed by atoms with Gasteiger partial charge in [0.1, 0.15) is 5.60 Å². The number of hydrogen-bond donors (Lipinski definition) is 1. The number of hydrogen-bond acceptors (Lipinski definition) is 3. The van der Waals surface area contributed by atoms with Crippen molar-refractivity contribution in [2.45, 2.75) is 52.2 Å². The van der Waals surface area contributed by atoms with Gasteiger partial charge in [-0.05, 0) is 64.3 Å². The van der Waals surface area contributed by atoms with Gasteiger partial charge in [0.2, 0.25) is 0 Å². The summed E-state index contributed by atoms with van der Waals surface area (Å²) in [6.45, 7) is 9.27. The molecule has 1 N–H and O–H groups in total. The lowest BCUT2D eigenvalue weighted by molar-refractivity contribution is 0.0210. The van der Waals surface area contributed by atoms with E-state index < -0.39 is 5.60 Å². The lowest BCUT2D eigenvalue weighted by atomic mass is 10.0. The highest BCUT2D eigenvalue weighted by Crippen LogP contribution is 2.23. The summed E-state index contributed by atoms with van der Waals surface area (Å²) < 4.78 is 6.52. The highest BCUT2D eigenvalue weighted by molar-refractivity contribution is 9.10. The number of amides is 1. The fraction of sp³-hybridized carbons (Fsp3) is 0.588. The molecule has 1 aliphatic heterocycles. The Hall–Kier alpha value is -1.23. The summed E-state index contributed by atoms with van der Waals surface area (Å²) in [4.78, 5) is 13.9. The van der Waals surface area contributed by atoms with Crippen LogP contribution < -0.4 is 5.32 Å². The second kappa shape index (κ2) is 6.90. The second-order valence-electron chi connectivity index (χ2n) is 6.85. The van der Waals surface area contributed by atoms with Crippen LogP contribution in [-0.2, 0) is 4.74 Å². The quantitative estimate of drug-likeness (QED) is 0.830. The largest absolute Gasteiger partial charge is 0.444 e. The van der Waals surface area contributed by atoms with Crippen molar-refractivity contribution in [3.8, 4) is 0 Å². The smallest absolute Gasteiger partial charge is 0.410 e. The van der Waals surface area contributed by atoms with Crippen LogP contribution in [0.4, 0.5) is 10.5 Å². The molecular formula is C17H25BrN2O2. The number of benzene rings is 1. The highest BCUT2D eigenvalue weighted by Gasteiger charge is 2.26. The second-order valence-corrected chi connectivity index (χ2v) is 7.76. The van der Waals surface area contributed by atoms with Gasteiger partial charge in [-0.3, -0.25) is 0 Å². The van der Waals surface area contributed by atoms with Crippen LogP contribution >= 0.6 is 15.9 Å². The van der Waals surface area contributed by atoms with Crippen LogP contribution in [0.25, 0.3) is 0 Å². The van der Waals surface area contributed by atoms with Gasteiger partial charge in [-0.25, -0.2) is 4.79 Å². The summed E-state index contributed by atoms with van der Waals surface area (Å²) in [6.07, 6.45) is 1.68. The van der Waals surface area contributed by atoms with Crippen LogP contribution in [-0.4, -0.2) is 35.7 Å². The number of nitrogens with zero attached hydrogens (tertiary/aromatic N) is 1. The summed E-state index contributed by atoms with van der Waals surface area (Å²) in [5.41, 5.74) is 1.96. The minimum absolute atomic E-state index is 0.203. The third-order valence-corrected chi connectivity index (χ3v) is 4.19. The van der Waals surface area contributed by atoms with Crippen LogP contribution in [0, 0.1) is 6.92 Å². The fourth-order valence-electron chi connectivity index (χ4n) is 2.54. The Kier molecular flexibility index (Phi) is 5.37. The Morgan fingerprint density at radius 3 is 2.50 bits per heavy atom. The maximum atomic E-state index is 12.0. The number of aryl methyl sites for hydroxylation is 1. The number of ether oxygens (including phenoxy) is 1. The van der Waals surface area contributed by atoms with E-state index in [-0.39, 0.29) is 6.09 Å². The molecule has 0 bridgehead atoms. The number of likely N-dealkylation sites (tertiary alicyclic amines) is 1. The van der Waals surface area contributed by atoms with Crippen molar-refractivity contribution in [3.05, 3.63) is 28.2 Å². The molecule has 0 radical (unpaired) electrons. The lowest BCUT2D eigenvalue weighted by Crippen LogP contribution is -2.44. The minimum atomic E-state index is -0.430. The van der Waals surface area contributed by atoms with Crippen LogP contribution in [0.5, 0.6) is 0 Å². The van der Waals surface area contributed by atoms with Crippen molar-refractivity contribution >= 4 is 27.7 Å². The first kappa shape index (κ1) is 17.1. The van der Waals surface area contributed by atoms with Crippen molar-refractivity contribution in [1.82, 2.24) is 4.90 Å². The Balaban J connectivity index is 1.86. The van der Waals surface area contributed by atoms with E-state index in [9.17, 15) is 4.79 Å². The van der Waals surface area contributed by atoms with Crippen LogP contribution in [0.15, 0.2) is 22.7 Å². The summed E-state index contributed by atoms with van der Waals surface area (Å²) in [5.74, 6) is 0. The first-order chi connectivity index (χ1) is 10.2. The van der Waals surface area contributed by atoms with Gasteiger partial charge in [-0.15, -0.1) is 0 Å². The molecule has 5 heteroatoms. The summed E-state index contributed by atoms with van der Waals surface area (Å²) in [7, 11) is 0. The van der Waals surface area contributed by atoms with Crippen molar-refractivity contribution in [2.24, 2.45) is 0 Å². The molecule has 0 aromatic heterocycles. The third kappa shape index (κ3) is 4.90. The predicted molar refractivity (Wildman–Crippen MR) is 93.3 cm³/mol. The zero-order valence-electron chi connectivity index (χ0n) is 13.8. The lowest BCUT2D eigenvalue weighted by Gasteiger charge is -2.34. The number of nitrogens with one attached hydrogen (secondary N) is 1. The molecule has 0 aliphatic carbocycles. The molecule has 1 amide bonds. The Morgan fingerprint density at radius 2 is 1.95 bits per heavy atom. The summed E-state index contributed by atoms with van der Waals surface area (Å²) in [6, 6.07) is 6.65. The molecule has 1 aromatic carbocycles. The van der Waals surface area contributed by atoms with Crippen molar-refractivity contribution in [1.29, 1.82) is 0 Å². The van der Waals surface area contributed by atoms with Gasteiger partial charge >= 0.3 is 6.09 Å². The zero-order valence-corrected chi connectivity index (χ0v) is 15.4. The standard InChI is InChI=1S/C17H25BrN2O2/c1-12-11-13(18)5-6-15(12)19-14-7-9-20(10-8-14)16(21)22-17(2,3)4/h5-6,11,14,19H,7-10H2,1-4H3. The van der Waals surface area contributed by atoms with E-state index in [2.05, 4.69) is 40.3 Å². The molecule has 1 fully saturated rings. The van der Waals surface area contributed by atoms with E-state index in [0.717, 1.165) is 30.4 Å². The zero-order chi connectivity index (χ0) is 16.3. The van der Waals surface area contributed by atoms with E-state index in [1.54, 1.807) is 4.90 Å². The molecule has 122 valence electrons. The van der Waals surface area contributed by atoms with Gasteiger partial charge in [-0.1, -0.05) is 15.9 Å². The Bertz CT molecular complexity index is 532. The highest BCUT2D eigenvalue weighted by atomic mass is 79.9. The molecule has 0 atom stereocenters. The molecule has 22 heavy (non-hydrogen) atoms. The summed E-state index contributed by atoms with van der Waals surface area (Å²) >= 11 is 3.48. The van der Waals surface area contributed by atoms with Crippen LogP contribution in [0.3, 0.4) is 0 Å². The number of rotatable bonds is 2. The van der Waals surface area contributed by atoms with Crippen molar-refractivity contribution in [2.75, 3.05) is 18.4 Å². The molecule has 2 rings (SSSR count). The number of carbonyl (C=O) groups excluding carboxylic acids is 1. The van der Waals surface area contributed by atoms with E-state index in [1.165, 1.54) is 11.3 Å². The maximum Gasteiger partial charge on any atom is 0.410 e. The molecule has 0 saturated carbocycles. The van der Waals surface area contributed by atoms with Gasteiger partial charge < -0.3 is 15.0 Å². The fourth-order valence-corrected chi connectivity index (χ4v) is 3.02. The van der Waals surface area contributed by atoms with E-state index in [0.29, 0.717) is 6.04 Å². The third-order valence-electron chi connectivity index (χ3n) is 3.69. The van der Waals surface area contributed by atoms with Crippen molar-refractivity contribution in [3.63, 3.8) is 0 Å². The predicted octanol–water partition coefficient (Wildman–Crippen LogP) is 4.57. The summed E-state index contributed by atoms with van der Waals surface area (Å²) in [5, 5.41) is 3.58. The SMILES string of the molecule is Cc1cc(Br)ccc1NC1CCN(C(=O)OC(C)(C)C)CC1. The molecule has 0 unspecified atom stereocenters. The van der Waals surface area contributed by atoms with E-state index in [4.69, 9.17) is 4.74 Å². The molecule has 0 spiro atoms. The molecular weight excluding hydrogens is 344 g/mol. The first-order valence-electron chi connectivity index (χ1n) is 7.75. The molecule has 1 saturated heterocycles. The number of piperidine rings is 1. The Morgan fingerprint density at radius 1 is 1.32 bits per heavy atom. The molecule has 1 aromatic rings. The molecule has 1 aliphatic rings. The Labute approximate surface area is 141 Å². The van der Waals surface area contributed by atoms with Gasteiger partial charge in [0, 0.05) is 29.3 Å². The van der Waals surface area contributed by atoms with Crippen LogP contribution in [0.2, 0.25) is 0 Å². The first-order valence-corrected chi connectivity index (χ1v) is 8.54. The van der Waals surface area contributed by atoms with Gasteiger partial charge in [0.25, 0.3) is 0 Å². The van der Waals surface area contributed by atoms with Gasteiger partial charge in [0.15, 0.2) is 0 Å². The average Bonchev–Trinajstić information content (AvgIpc) is 2.41.